The van der Waals surface area contributed by atoms with Crippen molar-refractivity contribution in [2.45, 2.75) is 12.2 Å². The average Bonchev–Trinajstić information content (AvgIpc) is 2.16. The average molecular weight is 202 g/mol. The smallest absolute Gasteiger partial charge is 0.335 e. The number of hydrogen-bond donors (Lipinski definition) is 3. The van der Waals surface area contributed by atoms with E-state index in [0.717, 1.165) is 12.4 Å². The lowest BCUT2D eigenvalue weighted by molar-refractivity contribution is -0.153. The van der Waals surface area contributed by atoms with E-state index in [2.05, 4.69) is 9.97 Å². The van der Waals surface area contributed by atoms with Gasteiger partial charge in [0.1, 0.15) is 6.10 Å². The minimum Gasteiger partial charge on any atom is -0.479 e. The maximum Gasteiger partial charge on any atom is 0.335 e. The summed E-state index contributed by atoms with van der Waals surface area (Å²) in [7, 11) is 0. The number of carboxylic acids is 1. The van der Waals surface area contributed by atoms with E-state index >= 15 is 0 Å². The number of nitrogens with zero attached hydrogens (tertiary/aromatic N) is 2. The lowest BCUT2D eigenvalue weighted by Gasteiger charge is -2.12. The summed E-state index contributed by atoms with van der Waals surface area (Å²) in [5.74, 6) is -1.58. The zero-order valence-electron chi connectivity index (χ0n) is 6.83. The van der Waals surface area contributed by atoms with Gasteiger partial charge in [-0.3, -0.25) is 0 Å². The van der Waals surface area contributed by atoms with Crippen molar-refractivity contribution in [2.75, 3.05) is 0 Å². The normalized spacial score (nSPS) is 14.8. The highest BCUT2D eigenvalue weighted by Crippen LogP contribution is 2.14. The van der Waals surface area contributed by atoms with Gasteiger partial charge in [0.05, 0.1) is 0 Å². The number of aliphatic hydroxyl groups excluding tert-OH is 2. The number of hydrogen-bond acceptors (Lipinski definition) is 5. The molecule has 2 atom stereocenters. The predicted octanol–water partition coefficient (Wildman–Crippen LogP) is -0.905. The molecule has 0 aromatic carbocycles. The summed E-state index contributed by atoms with van der Waals surface area (Å²) in [6.07, 6.45) is -2.85. The Balaban J connectivity index is 2.84. The van der Waals surface area contributed by atoms with Crippen LogP contribution in [0.1, 0.15) is 11.7 Å². The number of carboxylic acid groups (broad SMARTS) is 1. The molecule has 14 heavy (non-hydrogen) atoms. The molecule has 0 saturated heterocycles. The van der Waals surface area contributed by atoms with E-state index in [-0.39, 0.29) is 5.56 Å². The number of rotatable bonds is 3. The summed E-state index contributed by atoms with van der Waals surface area (Å²) in [6, 6.07) is 0. The largest absolute Gasteiger partial charge is 0.479 e. The van der Waals surface area contributed by atoms with Gasteiger partial charge in [-0.25, -0.2) is 14.8 Å². The molecular formula is C7H7FN2O4. The first-order valence-corrected chi connectivity index (χ1v) is 3.58. The molecule has 1 heterocycles. The lowest BCUT2D eigenvalue weighted by atomic mass is 10.1. The molecule has 1 aromatic heterocycles. The van der Waals surface area contributed by atoms with E-state index in [1.54, 1.807) is 0 Å². The van der Waals surface area contributed by atoms with Gasteiger partial charge in [-0.1, -0.05) is 0 Å². The van der Waals surface area contributed by atoms with Crippen LogP contribution >= 0.6 is 0 Å². The molecule has 0 bridgehead atoms. The van der Waals surface area contributed by atoms with E-state index in [4.69, 9.17) is 10.2 Å². The molecule has 0 aliphatic heterocycles. The Bertz CT molecular complexity index is 329. The third-order valence-electron chi connectivity index (χ3n) is 1.53. The van der Waals surface area contributed by atoms with Crippen molar-refractivity contribution in [1.29, 1.82) is 0 Å². The quantitative estimate of drug-likeness (QED) is 0.548. The van der Waals surface area contributed by atoms with E-state index in [0.29, 0.717) is 0 Å². The number of aliphatic hydroxyl groups is 2. The maximum absolute atomic E-state index is 12.2. The molecule has 0 fully saturated rings. The van der Waals surface area contributed by atoms with Gasteiger partial charge in [0, 0.05) is 18.0 Å². The molecule has 0 aliphatic rings. The van der Waals surface area contributed by atoms with Crippen molar-refractivity contribution in [3.8, 4) is 0 Å². The highest BCUT2D eigenvalue weighted by atomic mass is 19.1. The highest BCUT2D eigenvalue weighted by Gasteiger charge is 2.25. The first-order valence-electron chi connectivity index (χ1n) is 3.58. The molecular weight excluding hydrogens is 195 g/mol. The van der Waals surface area contributed by atoms with Gasteiger partial charge in [-0.2, -0.15) is 4.39 Å². The fraction of sp³-hybridized carbons (Fsp3) is 0.286. The maximum atomic E-state index is 12.2. The molecule has 7 heteroatoms. The van der Waals surface area contributed by atoms with Crippen LogP contribution in [0, 0.1) is 6.08 Å². The van der Waals surface area contributed by atoms with Gasteiger partial charge in [0.25, 0.3) is 0 Å². The van der Waals surface area contributed by atoms with E-state index in [1.807, 2.05) is 0 Å². The molecule has 0 amide bonds. The van der Waals surface area contributed by atoms with Crippen LogP contribution in [0.25, 0.3) is 0 Å². The topological polar surface area (TPSA) is 104 Å². The standard InChI is InChI=1S/C7H7FN2O4/c8-7-9-1-3(2-10-7)4(11)5(12)6(13)14/h1-2,4-5,11-12H,(H,13,14). The van der Waals surface area contributed by atoms with Gasteiger partial charge in [0.2, 0.25) is 0 Å². The van der Waals surface area contributed by atoms with E-state index < -0.39 is 24.3 Å². The van der Waals surface area contributed by atoms with Gasteiger partial charge in [-0.15, -0.1) is 0 Å². The first kappa shape index (κ1) is 10.5. The number of aromatic nitrogens is 2. The second-order valence-corrected chi connectivity index (χ2v) is 2.51. The van der Waals surface area contributed by atoms with Crippen LogP contribution in [0.5, 0.6) is 0 Å². The van der Waals surface area contributed by atoms with Crippen molar-refractivity contribution in [1.82, 2.24) is 9.97 Å². The number of carbonyl (C=O) groups is 1. The molecule has 2 unspecified atom stereocenters. The number of aliphatic carboxylic acids is 1. The first-order chi connectivity index (χ1) is 6.52. The van der Waals surface area contributed by atoms with Gasteiger partial charge in [-0.05, 0) is 0 Å². The monoisotopic (exact) mass is 202 g/mol. The van der Waals surface area contributed by atoms with Crippen LogP contribution in [-0.2, 0) is 4.79 Å². The third-order valence-corrected chi connectivity index (χ3v) is 1.53. The Morgan fingerprint density at radius 1 is 1.36 bits per heavy atom. The van der Waals surface area contributed by atoms with Crippen LogP contribution < -0.4 is 0 Å². The second kappa shape index (κ2) is 4.07. The summed E-state index contributed by atoms with van der Waals surface area (Å²) in [5, 5.41) is 26.5. The summed E-state index contributed by atoms with van der Waals surface area (Å²) < 4.78 is 12.2. The van der Waals surface area contributed by atoms with Crippen LogP contribution in [0.3, 0.4) is 0 Å². The molecule has 6 nitrogen and oxygen atoms in total. The SMILES string of the molecule is O=C(O)C(O)C(O)c1cnc(F)nc1. The minimum atomic E-state index is -1.98. The molecule has 76 valence electrons. The Morgan fingerprint density at radius 2 is 1.86 bits per heavy atom. The van der Waals surface area contributed by atoms with Crippen molar-refractivity contribution in [3.63, 3.8) is 0 Å². The van der Waals surface area contributed by atoms with Gasteiger partial charge >= 0.3 is 12.0 Å². The molecule has 0 radical (unpaired) electrons. The van der Waals surface area contributed by atoms with Gasteiger partial charge < -0.3 is 15.3 Å². The Kier molecular flexibility index (Phi) is 3.05. The van der Waals surface area contributed by atoms with Crippen molar-refractivity contribution in [3.05, 3.63) is 24.0 Å². The molecule has 0 aliphatic carbocycles. The summed E-state index contributed by atoms with van der Waals surface area (Å²) >= 11 is 0. The summed E-state index contributed by atoms with van der Waals surface area (Å²) in [6.45, 7) is 0. The second-order valence-electron chi connectivity index (χ2n) is 2.51. The van der Waals surface area contributed by atoms with Crippen molar-refractivity contribution < 1.29 is 24.5 Å². The fourth-order valence-corrected chi connectivity index (χ4v) is 0.792. The fourth-order valence-electron chi connectivity index (χ4n) is 0.792. The zero-order chi connectivity index (χ0) is 10.7. The summed E-state index contributed by atoms with van der Waals surface area (Å²) in [5.41, 5.74) is -0.0682. The predicted molar refractivity (Wildman–Crippen MR) is 40.6 cm³/mol. The van der Waals surface area contributed by atoms with Crippen molar-refractivity contribution in [2.24, 2.45) is 0 Å². The third kappa shape index (κ3) is 2.21. The lowest BCUT2D eigenvalue weighted by Crippen LogP contribution is -2.27. The van der Waals surface area contributed by atoms with Crippen LogP contribution in [0.2, 0.25) is 0 Å². The summed E-state index contributed by atoms with van der Waals surface area (Å²) in [4.78, 5) is 16.5. The van der Waals surface area contributed by atoms with E-state index in [9.17, 15) is 14.3 Å². The minimum absolute atomic E-state index is 0.0682. The molecule has 1 rings (SSSR count). The Hall–Kier alpha value is -1.60. The molecule has 3 N–H and O–H groups in total. The van der Waals surface area contributed by atoms with Gasteiger partial charge in [0.15, 0.2) is 6.10 Å². The zero-order valence-corrected chi connectivity index (χ0v) is 6.83. The Morgan fingerprint density at radius 3 is 2.29 bits per heavy atom. The number of halogens is 1. The van der Waals surface area contributed by atoms with Crippen molar-refractivity contribution >= 4 is 5.97 Å². The molecule has 0 spiro atoms. The van der Waals surface area contributed by atoms with Crippen LogP contribution in [0.4, 0.5) is 4.39 Å². The highest BCUT2D eigenvalue weighted by molar-refractivity contribution is 5.72. The van der Waals surface area contributed by atoms with Crippen LogP contribution in [0.15, 0.2) is 12.4 Å². The van der Waals surface area contributed by atoms with E-state index in [1.165, 1.54) is 0 Å². The Labute approximate surface area is 77.7 Å². The molecule has 1 aromatic rings. The van der Waals surface area contributed by atoms with Crippen LogP contribution in [-0.4, -0.2) is 37.4 Å². The molecule has 0 saturated carbocycles.